The van der Waals surface area contributed by atoms with Crippen LogP contribution in [0.2, 0.25) is 0 Å². The standard InChI is InChI=1S/C35H39NO5/c37-32-24-33(31(10-6-1-2-7-11-34(38)39)35(32)36-20-22-40-23-21-36)41-25-26-12-14-28(15-13-26)30-18-16-29(17-19-30)27-8-4-3-5-9-27/h1-5,8-9,12-19,31,33,35H,6-7,10-11,20-25H2,(H,38,39)/b2-1-/t31-,33-,35+/m0/s1. The molecule has 1 heterocycles. The molecule has 1 N–H and O–H groups in total. The van der Waals surface area contributed by atoms with Crippen molar-refractivity contribution in [2.24, 2.45) is 5.92 Å². The van der Waals surface area contributed by atoms with Gasteiger partial charge in [-0.1, -0.05) is 91.0 Å². The normalized spacial score (nSPS) is 21.5. The fraction of sp³-hybridized carbons (Fsp3) is 0.371. The van der Waals surface area contributed by atoms with Crippen molar-refractivity contribution in [1.82, 2.24) is 4.90 Å². The van der Waals surface area contributed by atoms with Crippen LogP contribution in [0.1, 0.15) is 37.7 Å². The highest BCUT2D eigenvalue weighted by Gasteiger charge is 2.45. The van der Waals surface area contributed by atoms with Crippen molar-refractivity contribution < 1.29 is 24.2 Å². The Bertz CT molecular complexity index is 1300. The highest BCUT2D eigenvalue weighted by Crippen LogP contribution is 2.35. The minimum atomic E-state index is -0.786. The summed E-state index contributed by atoms with van der Waals surface area (Å²) in [6.07, 6.45) is 6.58. The number of carboxylic acids is 1. The van der Waals surface area contributed by atoms with Crippen LogP contribution < -0.4 is 0 Å². The molecule has 6 heteroatoms. The van der Waals surface area contributed by atoms with Crippen LogP contribution in [0.3, 0.4) is 0 Å². The number of carbonyl (C=O) groups is 2. The van der Waals surface area contributed by atoms with Gasteiger partial charge in [0.15, 0.2) is 5.78 Å². The van der Waals surface area contributed by atoms with E-state index < -0.39 is 5.97 Å². The van der Waals surface area contributed by atoms with Gasteiger partial charge in [-0.3, -0.25) is 14.5 Å². The molecule has 1 saturated carbocycles. The Morgan fingerprint density at radius 2 is 1.44 bits per heavy atom. The molecule has 3 aromatic carbocycles. The minimum Gasteiger partial charge on any atom is -0.481 e. The third-order valence-electron chi connectivity index (χ3n) is 8.16. The lowest BCUT2D eigenvalue weighted by Crippen LogP contribution is -2.49. The first-order chi connectivity index (χ1) is 20.1. The molecule has 0 amide bonds. The summed E-state index contributed by atoms with van der Waals surface area (Å²) in [6.45, 7) is 3.30. The summed E-state index contributed by atoms with van der Waals surface area (Å²) in [5.41, 5.74) is 5.82. The maximum absolute atomic E-state index is 13.2. The molecule has 2 fully saturated rings. The van der Waals surface area contributed by atoms with Gasteiger partial charge in [0.25, 0.3) is 0 Å². The van der Waals surface area contributed by atoms with Crippen molar-refractivity contribution in [1.29, 1.82) is 0 Å². The summed E-state index contributed by atoms with van der Waals surface area (Å²) in [4.78, 5) is 26.2. The fourth-order valence-electron chi connectivity index (χ4n) is 5.98. The van der Waals surface area contributed by atoms with Crippen LogP contribution in [0.4, 0.5) is 0 Å². The quantitative estimate of drug-likeness (QED) is 0.262. The molecular weight excluding hydrogens is 514 g/mol. The molecule has 0 radical (unpaired) electrons. The lowest BCUT2D eigenvalue weighted by Gasteiger charge is -2.35. The maximum Gasteiger partial charge on any atom is 0.303 e. The second-order valence-electron chi connectivity index (χ2n) is 10.9. The molecule has 0 bridgehead atoms. The topological polar surface area (TPSA) is 76.1 Å². The first-order valence-corrected chi connectivity index (χ1v) is 14.7. The Balaban J connectivity index is 1.20. The Labute approximate surface area is 242 Å². The number of benzene rings is 3. The predicted molar refractivity (Wildman–Crippen MR) is 160 cm³/mol. The number of ketones is 1. The van der Waals surface area contributed by atoms with Crippen LogP contribution in [-0.2, 0) is 25.7 Å². The Morgan fingerprint density at radius 3 is 2.07 bits per heavy atom. The molecule has 41 heavy (non-hydrogen) atoms. The van der Waals surface area contributed by atoms with Crippen LogP contribution in [0.15, 0.2) is 91.0 Å². The Hall–Kier alpha value is -3.58. The third-order valence-corrected chi connectivity index (χ3v) is 8.16. The highest BCUT2D eigenvalue weighted by atomic mass is 16.5. The van der Waals surface area contributed by atoms with Crippen molar-refractivity contribution >= 4 is 11.8 Å². The fourth-order valence-corrected chi connectivity index (χ4v) is 5.98. The summed E-state index contributed by atoms with van der Waals surface area (Å²) < 4.78 is 12.0. The molecule has 1 saturated heterocycles. The van der Waals surface area contributed by atoms with E-state index in [0.717, 1.165) is 37.1 Å². The van der Waals surface area contributed by atoms with Gasteiger partial charge >= 0.3 is 5.97 Å². The van der Waals surface area contributed by atoms with Gasteiger partial charge in [-0.25, -0.2) is 0 Å². The van der Waals surface area contributed by atoms with Crippen molar-refractivity contribution in [3.8, 4) is 22.3 Å². The van der Waals surface area contributed by atoms with E-state index in [2.05, 4.69) is 77.7 Å². The monoisotopic (exact) mass is 553 g/mol. The van der Waals surface area contributed by atoms with Gasteiger partial charge in [0, 0.05) is 31.8 Å². The van der Waals surface area contributed by atoms with E-state index in [4.69, 9.17) is 14.6 Å². The molecule has 1 aliphatic heterocycles. The second-order valence-corrected chi connectivity index (χ2v) is 10.9. The number of Topliss-reactive ketones (excluding diaryl/α,β-unsaturated/α-hetero) is 1. The number of hydrogen-bond donors (Lipinski definition) is 1. The molecule has 6 nitrogen and oxygen atoms in total. The molecule has 2 aliphatic rings. The SMILES string of the molecule is O=C(O)CC/C=C\CC[C@H]1[C@@H](OCc2ccc(-c3ccc(-c4ccccc4)cc3)cc2)CC(=O)[C@@H]1N1CCOCC1. The average Bonchev–Trinajstić information content (AvgIpc) is 3.33. The van der Waals surface area contributed by atoms with Crippen LogP contribution in [0, 0.1) is 5.92 Å². The van der Waals surface area contributed by atoms with Gasteiger partial charge < -0.3 is 14.6 Å². The Kier molecular flexibility index (Phi) is 10.1. The van der Waals surface area contributed by atoms with E-state index in [1.54, 1.807) is 0 Å². The molecule has 0 unspecified atom stereocenters. The number of hydrogen-bond acceptors (Lipinski definition) is 5. The van der Waals surface area contributed by atoms with Gasteiger partial charge in [0.2, 0.25) is 0 Å². The number of nitrogens with zero attached hydrogens (tertiary/aromatic N) is 1. The Morgan fingerprint density at radius 1 is 0.854 bits per heavy atom. The summed E-state index contributed by atoms with van der Waals surface area (Å²) >= 11 is 0. The van der Waals surface area contributed by atoms with Gasteiger partial charge in [0.1, 0.15) is 0 Å². The van der Waals surface area contributed by atoms with Gasteiger partial charge in [0.05, 0.1) is 32.0 Å². The van der Waals surface area contributed by atoms with Gasteiger partial charge in [-0.2, -0.15) is 0 Å². The summed E-state index contributed by atoms with van der Waals surface area (Å²) in [5.74, 6) is -0.427. The number of rotatable bonds is 12. The molecule has 5 rings (SSSR count). The zero-order valence-corrected chi connectivity index (χ0v) is 23.5. The molecule has 3 atom stereocenters. The van der Waals surface area contributed by atoms with Crippen molar-refractivity contribution in [3.63, 3.8) is 0 Å². The van der Waals surface area contributed by atoms with Gasteiger partial charge in [-0.05, 0) is 47.1 Å². The molecular formula is C35H39NO5. The summed E-state index contributed by atoms with van der Waals surface area (Å²) in [5, 5.41) is 8.86. The number of ether oxygens (including phenoxy) is 2. The van der Waals surface area contributed by atoms with Crippen LogP contribution in [-0.4, -0.2) is 60.2 Å². The summed E-state index contributed by atoms with van der Waals surface area (Å²) in [6, 6.07) is 27.3. The first kappa shape index (κ1) is 28.9. The van der Waals surface area contributed by atoms with Crippen molar-refractivity contribution in [3.05, 3.63) is 96.6 Å². The molecule has 214 valence electrons. The lowest BCUT2D eigenvalue weighted by molar-refractivity contribution is -0.136. The van der Waals surface area contributed by atoms with E-state index in [9.17, 15) is 9.59 Å². The van der Waals surface area contributed by atoms with Crippen molar-refractivity contribution in [2.75, 3.05) is 26.3 Å². The van der Waals surface area contributed by atoms with Crippen molar-refractivity contribution in [2.45, 2.75) is 50.9 Å². The lowest BCUT2D eigenvalue weighted by atomic mass is 9.93. The number of aliphatic carboxylic acids is 1. The van der Waals surface area contributed by atoms with Crippen LogP contribution in [0.25, 0.3) is 22.3 Å². The smallest absolute Gasteiger partial charge is 0.303 e. The van der Waals surface area contributed by atoms with Crippen LogP contribution >= 0.6 is 0 Å². The number of carbonyl (C=O) groups excluding carboxylic acids is 1. The average molecular weight is 554 g/mol. The molecule has 0 aromatic heterocycles. The zero-order valence-electron chi connectivity index (χ0n) is 23.5. The first-order valence-electron chi connectivity index (χ1n) is 14.7. The largest absolute Gasteiger partial charge is 0.481 e. The van der Waals surface area contributed by atoms with E-state index in [0.29, 0.717) is 32.7 Å². The number of allylic oxidation sites excluding steroid dienone is 2. The van der Waals surface area contributed by atoms with Crippen LogP contribution in [0.5, 0.6) is 0 Å². The molecule has 0 spiro atoms. The predicted octanol–water partition coefficient (Wildman–Crippen LogP) is 6.40. The molecule has 3 aromatic rings. The second kappa shape index (κ2) is 14.4. The van der Waals surface area contributed by atoms with Gasteiger partial charge in [-0.15, -0.1) is 0 Å². The number of morpholine rings is 1. The van der Waals surface area contributed by atoms with E-state index in [1.165, 1.54) is 16.7 Å². The number of carboxylic acid groups (broad SMARTS) is 1. The highest BCUT2D eigenvalue weighted by molar-refractivity contribution is 5.87. The summed E-state index contributed by atoms with van der Waals surface area (Å²) in [7, 11) is 0. The van der Waals surface area contributed by atoms with E-state index in [1.807, 2.05) is 18.2 Å². The van der Waals surface area contributed by atoms with E-state index >= 15 is 0 Å². The maximum atomic E-state index is 13.2. The third kappa shape index (κ3) is 7.79. The minimum absolute atomic E-state index is 0.104. The molecule has 1 aliphatic carbocycles. The van der Waals surface area contributed by atoms with E-state index in [-0.39, 0.29) is 30.3 Å². The zero-order chi connectivity index (χ0) is 28.4.